The van der Waals surface area contributed by atoms with Gasteiger partial charge in [0.25, 0.3) is 0 Å². The second kappa shape index (κ2) is 3.54. The van der Waals surface area contributed by atoms with Crippen molar-refractivity contribution in [3.05, 3.63) is 0 Å². The summed E-state index contributed by atoms with van der Waals surface area (Å²) in [6.45, 7) is 9.77. The summed E-state index contributed by atoms with van der Waals surface area (Å²) in [5.41, 5.74) is 6.37. The highest BCUT2D eigenvalue weighted by atomic mass is 16.2. The lowest BCUT2D eigenvalue weighted by atomic mass is 9.69. The molecule has 0 unspecified atom stereocenters. The van der Waals surface area contributed by atoms with Crippen LogP contribution >= 0.6 is 0 Å². The highest BCUT2D eigenvalue weighted by Gasteiger charge is 2.40. The number of hydrogen-bond acceptors (Lipinski definition) is 2. The number of nitrogens with two attached hydrogens (primary N) is 1. The number of rotatable bonds is 0. The topological polar surface area (TPSA) is 46.3 Å². The van der Waals surface area contributed by atoms with Crippen LogP contribution in [0.25, 0.3) is 0 Å². The third-order valence-electron chi connectivity index (χ3n) is 3.59. The summed E-state index contributed by atoms with van der Waals surface area (Å²) >= 11 is 0. The van der Waals surface area contributed by atoms with E-state index >= 15 is 0 Å². The molecule has 1 amide bonds. The minimum atomic E-state index is -0.112. The maximum Gasteiger partial charge on any atom is 0.219 e. The fourth-order valence-electron chi connectivity index (χ4n) is 1.97. The van der Waals surface area contributed by atoms with Gasteiger partial charge in [0, 0.05) is 25.6 Å². The first kappa shape index (κ1) is 11.5. The summed E-state index contributed by atoms with van der Waals surface area (Å²) in [6.07, 6.45) is 1.83. The predicted molar refractivity (Wildman–Crippen MR) is 57.9 cm³/mol. The van der Waals surface area contributed by atoms with Gasteiger partial charge in [0.1, 0.15) is 0 Å². The van der Waals surface area contributed by atoms with Crippen molar-refractivity contribution in [2.24, 2.45) is 11.1 Å². The Morgan fingerprint density at radius 2 is 1.71 bits per heavy atom. The molecule has 3 nitrogen and oxygen atoms in total. The van der Waals surface area contributed by atoms with Crippen LogP contribution in [-0.2, 0) is 4.79 Å². The molecule has 0 aliphatic carbocycles. The molecule has 82 valence electrons. The molecule has 14 heavy (non-hydrogen) atoms. The molecule has 1 aliphatic heterocycles. The molecule has 2 N–H and O–H groups in total. The van der Waals surface area contributed by atoms with Crippen molar-refractivity contribution >= 4 is 5.91 Å². The van der Waals surface area contributed by atoms with Gasteiger partial charge >= 0.3 is 0 Å². The summed E-state index contributed by atoms with van der Waals surface area (Å²) in [4.78, 5) is 13.0. The molecule has 1 aliphatic rings. The van der Waals surface area contributed by atoms with E-state index in [1.165, 1.54) is 0 Å². The highest BCUT2D eigenvalue weighted by Crippen LogP contribution is 2.36. The van der Waals surface area contributed by atoms with Crippen LogP contribution in [0.15, 0.2) is 0 Å². The molecule has 3 heteroatoms. The van der Waals surface area contributed by atoms with Gasteiger partial charge in [0.05, 0.1) is 0 Å². The molecule has 0 aromatic heterocycles. The van der Waals surface area contributed by atoms with E-state index in [1.54, 1.807) is 6.92 Å². The van der Waals surface area contributed by atoms with Gasteiger partial charge < -0.3 is 10.6 Å². The van der Waals surface area contributed by atoms with Gasteiger partial charge in [-0.1, -0.05) is 20.8 Å². The van der Waals surface area contributed by atoms with E-state index in [0.29, 0.717) is 0 Å². The molecule has 1 saturated heterocycles. The van der Waals surface area contributed by atoms with Gasteiger partial charge in [-0.2, -0.15) is 0 Å². The highest BCUT2D eigenvalue weighted by molar-refractivity contribution is 5.73. The Labute approximate surface area is 86.6 Å². The number of amides is 1. The maximum atomic E-state index is 11.1. The third kappa shape index (κ3) is 2.08. The lowest BCUT2D eigenvalue weighted by Crippen LogP contribution is -2.58. The fraction of sp³-hybridized carbons (Fsp3) is 0.909. The van der Waals surface area contributed by atoms with Crippen molar-refractivity contribution in [1.82, 2.24) is 4.90 Å². The molecule has 0 bridgehead atoms. The van der Waals surface area contributed by atoms with E-state index < -0.39 is 0 Å². The Bertz CT molecular complexity index is 222. The van der Waals surface area contributed by atoms with E-state index in [0.717, 1.165) is 25.9 Å². The molecular formula is C11H22N2O. The number of carbonyl (C=O) groups is 1. The zero-order valence-electron chi connectivity index (χ0n) is 9.76. The number of carbonyl (C=O) groups excluding carboxylic acids is 1. The Morgan fingerprint density at radius 1 is 1.29 bits per heavy atom. The van der Waals surface area contributed by atoms with Crippen LogP contribution < -0.4 is 5.73 Å². The minimum absolute atomic E-state index is 0.112. The van der Waals surface area contributed by atoms with Crippen molar-refractivity contribution in [3.63, 3.8) is 0 Å². The van der Waals surface area contributed by atoms with Crippen LogP contribution in [0.5, 0.6) is 0 Å². The summed E-state index contributed by atoms with van der Waals surface area (Å²) in [6, 6.07) is 0. The van der Waals surface area contributed by atoms with E-state index in [9.17, 15) is 4.79 Å². The van der Waals surface area contributed by atoms with E-state index in [2.05, 4.69) is 20.8 Å². The summed E-state index contributed by atoms with van der Waals surface area (Å²) in [5.74, 6) is 0.168. The van der Waals surface area contributed by atoms with Crippen molar-refractivity contribution in [2.45, 2.75) is 46.1 Å². The summed E-state index contributed by atoms with van der Waals surface area (Å²) in [7, 11) is 0. The second-order valence-electron chi connectivity index (χ2n) is 5.41. The monoisotopic (exact) mass is 198 g/mol. The molecule has 0 atom stereocenters. The van der Waals surface area contributed by atoms with E-state index in [1.807, 2.05) is 4.90 Å². The first-order chi connectivity index (χ1) is 6.26. The number of hydrogen-bond donors (Lipinski definition) is 1. The number of nitrogens with zero attached hydrogens (tertiary/aromatic N) is 1. The van der Waals surface area contributed by atoms with Crippen molar-refractivity contribution in [2.75, 3.05) is 13.1 Å². The van der Waals surface area contributed by atoms with Crippen LogP contribution in [-0.4, -0.2) is 29.4 Å². The molecule has 0 radical (unpaired) electrons. The van der Waals surface area contributed by atoms with Crippen LogP contribution in [0.2, 0.25) is 0 Å². The molecule has 0 saturated carbocycles. The largest absolute Gasteiger partial charge is 0.343 e. The average Bonchev–Trinajstić information content (AvgIpc) is 2.03. The van der Waals surface area contributed by atoms with Crippen molar-refractivity contribution in [3.8, 4) is 0 Å². The van der Waals surface area contributed by atoms with Crippen molar-refractivity contribution in [1.29, 1.82) is 0 Å². The fourth-order valence-corrected chi connectivity index (χ4v) is 1.97. The van der Waals surface area contributed by atoms with Crippen LogP contribution in [0.4, 0.5) is 0 Å². The lowest BCUT2D eigenvalue weighted by molar-refractivity contribution is -0.131. The van der Waals surface area contributed by atoms with Crippen LogP contribution in [0, 0.1) is 5.41 Å². The summed E-state index contributed by atoms with van der Waals surface area (Å²) < 4.78 is 0. The van der Waals surface area contributed by atoms with Crippen molar-refractivity contribution < 1.29 is 4.79 Å². The van der Waals surface area contributed by atoms with Crippen LogP contribution in [0.1, 0.15) is 40.5 Å². The quantitative estimate of drug-likeness (QED) is 0.639. The first-order valence-corrected chi connectivity index (χ1v) is 5.31. The zero-order valence-corrected chi connectivity index (χ0v) is 9.76. The Kier molecular flexibility index (Phi) is 2.91. The molecule has 1 rings (SSSR count). The average molecular weight is 198 g/mol. The first-order valence-electron chi connectivity index (χ1n) is 5.31. The minimum Gasteiger partial charge on any atom is -0.343 e. The molecular weight excluding hydrogens is 176 g/mol. The Hall–Kier alpha value is -0.570. The smallest absolute Gasteiger partial charge is 0.219 e. The van der Waals surface area contributed by atoms with Gasteiger partial charge in [0.15, 0.2) is 0 Å². The molecule has 1 fully saturated rings. The normalized spacial score (nSPS) is 22.2. The third-order valence-corrected chi connectivity index (χ3v) is 3.59. The standard InChI is InChI=1S/C11H22N2O/c1-9(14)13-7-5-11(12,6-8-13)10(2,3)4/h5-8,12H2,1-4H3. The Morgan fingerprint density at radius 3 is 2.00 bits per heavy atom. The Balaban J connectivity index is 2.62. The lowest BCUT2D eigenvalue weighted by Gasteiger charge is -2.47. The SMILES string of the molecule is CC(=O)N1CCC(N)(C(C)(C)C)CC1. The second-order valence-corrected chi connectivity index (χ2v) is 5.41. The molecule has 0 spiro atoms. The molecule has 0 aromatic rings. The maximum absolute atomic E-state index is 11.1. The van der Waals surface area contributed by atoms with Gasteiger partial charge in [-0.15, -0.1) is 0 Å². The summed E-state index contributed by atoms with van der Waals surface area (Å²) in [5, 5.41) is 0. The number of piperidine rings is 1. The molecule has 1 heterocycles. The van der Waals surface area contributed by atoms with Gasteiger partial charge in [0.2, 0.25) is 5.91 Å². The van der Waals surface area contributed by atoms with Crippen LogP contribution in [0.3, 0.4) is 0 Å². The zero-order chi connectivity index (χ0) is 11.0. The van der Waals surface area contributed by atoms with E-state index in [-0.39, 0.29) is 16.9 Å². The van der Waals surface area contributed by atoms with Gasteiger partial charge in [-0.25, -0.2) is 0 Å². The molecule has 0 aromatic carbocycles. The van der Waals surface area contributed by atoms with Gasteiger partial charge in [-0.05, 0) is 18.3 Å². The number of likely N-dealkylation sites (tertiary alicyclic amines) is 1. The van der Waals surface area contributed by atoms with E-state index in [4.69, 9.17) is 5.73 Å². The predicted octanol–water partition coefficient (Wildman–Crippen LogP) is 1.37. The van der Waals surface area contributed by atoms with Gasteiger partial charge in [-0.3, -0.25) is 4.79 Å².